The van der Waals surface area contributed by atoms with E-state index in [-0.39, 0.29) is 12.1 Å². The molecular formula is C12H16Cl2N2O2. The molecule has 0 saturated heterocycles. The number of carbonyl (C=O) groups is 1. The minimum absolute atomic E-state index is 0.197. The van der Waals surface area contributed by atoms with Crippen molar-refractivity contribution in [1.82, 2.24) is 10.6 Å². The first-order valence-corrected chi connectivity index (χ1v) is 6.28. The summed E-state index contributed by atoms with van der Waals surface area (Å²) in [5, 5.41) is 6.56. The van der Waals surface area contributed by atoms with Crippen LogP contribution in [-0.2, 0) is 4.74 Å². The first kappa shape index (κ1) is 15.1. The van der Waals surface area contributed by atoms with Gasteiger partial charge in [0.15, 0.2) is 0 Å². The summed E-state index contributed by atoms with van der Waals surface area (Å²) in [5.74, 6) is 0. The van der Waals surface area contributed by atoms with Gasteiger partial charge < -0.3 is 15.4 Å². The van der Waals surface area contributed by atoms with E-state index in [9.17, 15) is 4.79 Å². The highest BCUT2D eigenvalue weighted by Gasteiger charge is 2.12. The number of methoxy groups -OCH3 is 1. The summed E-state index contributed by atoms with van der Waals surface area (Å²) in [6.45, 7) is 2.79. The molecule has 6 heteroatoms. The Bertz CT molecular complexity index is 413. The lowest BCUT2D eigenvalue weighted by Crippen LogP contribution is -2.38. The van der Waals surface area contributed by atoms with Crippen LogP contribution in [0.1, 0.15) is 18.5 Å². The highest BCUT2D eigenvalue weighted by molar-refractivity contribution is 6.35. The van der Waals surface area contributed by atoms with Gasteiger partial charge in [-0.15, -0.1) is 0 Å². The zero-order valence-corrected chi connectivity index (χ0v) is 11.8. The molecule has 0 heterocycles. The second kappa shape index (κ2) is 7.46. The van der Waals surface area contributed by atoms with Crippen LogP contribution in [0.25, 0.3) is 0 Å². The third kappa shape index (κ3) is 4.72. The smallest absolute Gasteiger partial charge is 0.315 e. The molecule has 1 rings (SSSR count). The van der Waals surface area contributed by atoms with Crippen LogP contribution in [0.3, 0.4) is 0 Å². The minimum atomic E-state index is -0.259. The van der Waals surface area contributed by atoms with E-state index in [0.29, 0.717) is 23.2 Å². The van der Waals surface area contributed by atoms with Gasteiger partial charge in [0.25, 0.3) is 0 Å². The van der Waals surface area contributed by atoms with Gasteiger partial charge in [0.1, 0.15) is 0 Å². The van der Waals surface area contributed by atoms with Crippen LogP contribution < -0.4 is 10.6 Å². The molecule has 0 fully saturated rings. The zero-order chi connectivity index (χ0) is 13.5. The molecule has 100 valence electrons. The number of halogens is 2. The van der Waals surface area contributed by atoms with Crippen molar-refractivity contribution < 1.29 is 9.53 Å². The summed E-state index contributed by atoms with van der Waals surface area (Å²) in [5.41, 5.74) is 0.822. The lowest BCUT2D eigenvalue weighted by Gasteiger charge is -2.16. The number of carbonyl (C=O) groups excluding carboxylic acids is 1. The molecule has 0 aromatic heterocycles. The molecule has 0 saturated carbocycles. The van der Waals surface area contributed by atoms with E-state index < -0.39 is 0 Å². The molecule has 1 aromatic carbocycles. The average molecular weight is 291 g/mol. The van der Waals surface area contributed by atoms with Crippen molar-refractivity contribution in [3.05, 3.63) is 33.8 Å². The zero-order valence-electron chi connectivity index (χ0n) is 10.3. The van der Waals surface area contributed by atoms with Gasteiger partial charge in [-0.25, -0.2) is 4.79 Å². The van der Waals surface area contributed by atoms with E-state index in [4.69, 9.17) is 27.9 Å². The predicted molar refractivity (Wildman–Crippen MR) is 73.3 cm³/mol. The normalized spacial score (nSPS) is 12.0. The summed E-state index contributed by atoms with van der Waals surface area (Å²) >= 11 is 11.9. The Morgan fingerprint density at radius 2 is 2.17 bits per heavy atom. The molecule has 0 aliphatic heterocycles. The van der Waals surface area contributed by atoms with Crippen molar-refractivity contribution >= 4 is 29.2 Å². The molecule has 4 nitrogen and oxygen atoms in total. The van der Waals surface area contributed by atoms with Gasteiger partial charge in [-0.2, -0.15) is 0 Å². The third-order valence-electron chi connectivity index (χ3n) is 2.37. The van der Waals surface area contributed by atoms with E-state index in [0.717, 1.165) is 5.56 Å². The maximum atomic E-state index is 11.5. The van der Waals surface area contributed by atoms with E-state index in [2.05, 4.69) is 10.6 Å². The number of urea groups is 1. The number of benzene rings is 1. The Morgan fingerprint density at radius 1 is 1.44 bits per heavy atom. The van der Waals surface area contributed by atoms with Crippen molar-refractivity contribution in [2.45, 2.75) is 13.0 Å². The molecule has 1 unspecified atom stereocenters. The van der Waals surface area contributed by atoms with Gasteiger partial charge in [0.05, 0.1) is 12.6 Å². The third-order valence-corrected chi connectivity index (χ3v) is 2.93. The van der Waals surface area contributed by atoms with Crippen LogP contribution in [0, 0.1) is 0 Å². The van der Waals surface area contributed by atoms with Gasteiger partial charge in [-0.05, 0) is 24.6 Å². The van der Waals surface area contributed by atoms with Gasteiger partial charge in [-0.1, -0.05) is 29.3 Å². The van der Waals surface area contributed by atoms with E-state index >= 15 is 0 Å². The molecule has 0 spiro atoms. The SMILES string of the molecule is COCCNC(=O)NC(C)c1ccc(Cl)cc1Cl. The Kier molecular flexibility index (Phi) is 6.25. The summed E-state index contributed by atoms with van der Waals surface area (Å²) in [6.07, 6.45) is 0. The maximum Gasteiger partial charge on any atom is 0.315 e. The number of amides is 2. The lowest BCUT2D eigenvalue weighted by molar-refractivity contribution is 0.195. The quantitative estimate of drug-likeness (QED) is 0.819. The first-order chi connectivity index (χ1) is 8.54. The summed E-state index contributed by atoms with van der Waals surface area (Å²) < 4.78 is 4.84. The second-order valence-corrected chi connectivity index (χ2v) is 4.62. The van der Waals surface area contributed by atoms with Gasteiger partial charge in [-0.3, -0.25) is 0 Å². The van der Waals surface area contributed by atoms with Gasteiger partial charge >= 0.3 is 6.03 Å². The van der Waals surface area contributed by atoms with Crippen molar-refractivity contribution in [3.63, 3.8) is 0 Å². The Balaban J connectivity index is 2.54. The summed E-state index contributed by atoms with van der Waals surface area (Å²) in [7, 11) is 1.58. The molecule has 0 aliphatic carbocycles. The highest BCUT2D eigenvalue weighted by atomic mass is 35.5. The number of ether oxygens (including phenoxy) is 1. The van der Waals surface area contributed by atoms with Crippen LogP contribution in [0.4, 0.5) is 4.79 Å². The molecule has 2 amide bonds. The number of rotatable bonds is 5. The molecular weight excluding hydrogens is 275 g/mol. The number of nitrogens with one attached hydrogen (secondary N) is 2. The molecule has 0 bridgehead atoms. The fourth-order valence-electron chi connectivity index (χ4n) is 1.44. The fourth-order valence-corrected chi connectivity index (χ4v) is 2.02. The minimum Gasteiger partial charge on any atom is -0.383 e. The standard InChI is InChI=1S/C12H16Cl2N2O2/c1-8(16-12(17)15-5-6-18-2)10-4-3-9(13)7-11(10)14/h3-4,7-8H,5-6H2,1-2H3,(H2,15,16,17). The molecule has 1 aromatic rings. The summed E-state index contributed by atoms with van der Waals surface area (Å²) in [6, 6.07) is 4.73. The van der Waals surface area contributed by atoms with Crippen molar-refractivity contribution in [3.8, 4) is 0 Å². The Labute approximate surface area is 117 Å². The molecule has 1 atom stereocenters. The molecule has 2 N–H and O–H groups in total. The van der Waals surface area contributed by atoms with Gasteiger partial charge in [0.2, 0.25) is 0 Å². The summed E-state index contributed by atoms with van der Waals surface area (Å²) in [4.78, 5) is 11.5. The van der Waals surface area contributed by atoms with Crippen LogP contribution in [0.15, 0.2) is 18.2 Å². The average Bonchev–Trinajstić information content (AvgIpc) is 2.28. The molecule has 18 heavy (non-hydrogen) atoms. The van der Waals surface area contributed by atoms with Crippen LogP contribution in [-0.4, -0.2) is 26.3 Å². The Morgan fingerprint density at radius 3 is 2.78 bits per heavy atom. The Hall–Kier alpha value is -0.970. The predicted octanol–water partition coefficient (Wildman–Crippen LogP) is 3.00. The number of hydrogen-bond donors (Lipinski definition) is 2. The number of hydrogen-bond acceptors (Lipinski definition) is 2. The van der Waals surface area contributed by atoms with Crippen molar-refractivity contribution in [2.24, 2.45) is 0 Å². The molecule has 0 radical (unpaired) electrons. The first-order valence-electron chi connectivity index (χ1n) is 5.53. The van der Waals surface area contributed by atoms with Gasteiger partial charge in [0, 0.05) is 23.7 Å². The second-order valence-electron chi connectivity index (χ2n) is 3.78. The highest BCUT2D eigenvalue weighted by Crippen LogP contribution is 2.25. The fraction of sp³-hybridized carbons (Fsp3) is 0.417. The van der Waals surface area contributed by atoms with Crippen molar-refractivity contribution in [2.75, 3.05) is 20.3 Å². The van der Waals surface area contributed by atoms with E-state index in [1.807, 2.05) is 6.92 Å². The van der Waals surface area contributed by atoms with Crippen LogP contribution >= 0.6 is 23.2 Å². The van der Waals surface area contributed by atoms with Crippen molar-refractivity contribution in [1.29, 1.82) is 0 Å². The lowest BCUT2D eigenvalue weighted by atomic mass is 10.1. The van der Waals surface area contributed by atoms with E-state index in [1.165, 1.54) is 0 Å². The van der Waals surface area contributed by atoms with E-state index in [1.54, 1.807) is 25.3 Å². The monoisotopic (exact) mass is 290 g/mol. The largest absolute Gasteiger partial charge is 0.383 e. The topological polar surface area (TPSA) is 50.4 Å². The van der Waals surface area contributed by atoms with Crippen LogP contribution in [0.2, 0.25) is 10.0 Å². The molecule has 0 aliphatic rings. The van der Waals surface area contributed by atoms with Crippen LogP contribution in [0.5, 0.6) is 0 Å². The maximum absolute atomic E-state index is 11.5.